The minimum Gasteiger partial charge on any atom is -0.376 e. The van der Waals surface area contributed by atoms with Gasteiger partial charge in [-0.3, -0.25) is 9.69 Å². The highest BCUT2D eigenvalue weighted by Crippen LogP contribution is 2.11. The molecule has 5 nitrogen and oxygen atoms in total. The first-order valence-corrected chi connectivity index (χ1v) is 6.85. The Labute approximate surface area is 119 Å². The number of nitrogens with one attached hydrogen (secondary N) is 1. The van der Waals surface area contributed by atoms with E-state index < -0.39 is 0 Å². The number of rotatable bonds is 4. The van der Waals surface area contributed by atoms with Crippen molar-refractivity contribution < 1.29 is 9.53 Å². The van der Waals surface area contributed by atoms with Crippen LogP contribution >= 0.6 is 0 Å². The number of amides is 1. The van der Waals surface area contributed by atoms with Gasteiger partial charge in [0.25, 0.3) is 0 Å². The maximum absolute atomic E-state index is 12.0. The molecule has 20 heavy (non-hydrogen) atoms. The topological polar surface area (TPSA) is 65.4 Å². The second-order valence-electron chi connectivity index (χ2n) is 4.88. The fraction of sp³-hybridized carbons (Fsp3) is 0.467. The van der Waals surface area contributed by atoms with Crippen LogP contribution in [0.2, 0.25) is 0 Å². The summed E-state index contributed by atoms with van der Waals surface area (Å²) in [5.41, 5.74) is 1.20. The van der Waals surface area contributed by atoms with Crippen molar-refractivity contribution in [3.63, 3.8) is 0 Å². The molecule has 1 fully saturated rings. The van der Waals surface area contributed by atoms with Crippen LogP contribution in [0.25, 0.3) is 0 Å². The Hall–Kier alpha value is -1.90. The molecule has 1 atom stereocenters. The lowest BCUT2D eigenvalue weighted by Crippen LogP contribution is -2.45. The van der Waals surface area contributed by atoms with Gasteiger partial charge in [-0.05, 0) is 24.6 Å². The molecule has 0 spiro atoms. The lowest BCUT2D eigenvalue weighted by molar-refractivity contribution is -0.119. The van der Waals surface area contributed by atoms with Gasteiger partial charge in [-0.25, -0.2) is 0 Å². The Morgan fingerprint density at radius 2 is 2.45 bits per heavy atom. The summed E-state index contributed by atoms with van der Waals surface area (Å²) in [5, 5.41) is 11.7. The summed E-state index contributed by atoms with van der Waals surface area (Å²) in [4.78, 5) is 14.1. The van der Waals surface area contributed by atoms with Crippen LogP contribution in [0.5, 0.6) is 0 Å². The molecule has 2 rings (SSSR count). The van der Waals surface area contributed by atoms with Crippen LogP contribution < -0.4 is 5.32 Å². The number of carbonyl (C=O) groups excluding carboxylic acids is 1. The van der Waals surface area contributed by atoms with E-state index in [1.807, 2.05) is 0 Å². The molecule has 1 saturated heterocycles. The highest BCUT2D eigenvalue weighted by Gasteiger charge is 2.20. The third kappa shape index (κ3) is 4.05. The molecule has 0 saturated carbocycles. The zero-order valence-electron chi connectivity index (χ0n) is 11.6. The van der Waals surface area contributed by atoms with E-state index in [2.05, 4.69) is 23.2 Å². The number of hydrogen-bond acceptors (Lipinski definition) is 4. The van der Waals surface area contributed by atoms with Gasteiger partial charge in [0.15, 0.2) is 0 Å². The quantitative estimate of drug-likeness (QED) is 0.905. The van der Waals surface area contributed by atoms with Gasteiger partial charge in [-0.15, -0.1) is 0 Å². The van der Waals surface area contributed by atoms with Crippen molar-refractivity contribution in [1.82, 2.24) is 4.90 Å². The molecule has 0 aromatic heterocycles. The predicted octanol–water partition coefficient (Wildman–Crippen LogP) is 1.61. The zero-order valence-corrected chi connectivity index (χ0v) is 11.6. The highest BCUT2D eigenvalue weighted by atomic mass is 16.5. The van der Waals surface area contributed by atoms with Crippen molar-refractivity contribution in [2.24, 2.45) is 0 Å². The number of morpholine rings is 1. The standard InChI is InChI=1S/C15H19N3O2/c1-2-14-10-18(6-7-20-14)11-15(19)17-13-5-3-4-12(8-13)9-16/h3-5,8,14H,2,6-7,10-11H2,1H3,(H,17,19). The first-order chi connectivity index (χ1) is 9.71. The zero-order chi connectivity index (χ0) is 14.4. The van der Waals surface area contributed by atoms with Crippen molar-refractivity contribution in [1.29, 1.82) is 5.26 Å². The van der Waals surface area contributed by atoms with Crippen LogP contribution in [0.15, 0.2) is 24.3 Å². The Morgan fingerprint density at radius 1 is 1.60 bits per heavy atom. The first kappa shape index (κ1) is 14.5. The number of nitrogens with zero attached hydrogens (tertiary/aromatic N) is 2. The Kier molecular flexibility index (Phi) is 5.10. The van der Waals surface area contributed by atoms with E-state index in [0.29, 0.717) is 24.4 Å². The van der Waals surface area contributed by atoms with Gasteiger partial charge in [-0.2, -0.15) is 5.26 Å². The Balaban J connectivity index is 1.87. The summed E-state index contributed by atoms with van der Waals surface area (Å²) in [6.45, 7) is 4.69. The number of carbonyl (C=O) groups is 1. The first-order valence-electron chi connectivity index (χ1n) is 6.85. The molecule has 0 aliphatic carbocycles. The molecule has 1 aromatic rings. The van der Waals surface area contributed by atoms with Gasteiger partial charge < -0.3 is 10.1 Å². The largest absolute Gasteiger partial charge is 0.376 e. The number of ether oxygens (including phenoxy) is 1. The third-order valence-corrected chi connectivity index (χ3v) is 3.32. The lowest BCUT2D eigenvalue weighted by atomic mass is 10.2. The minimum atomic E-state index is -0.0585. The monoisotopic (exact) mass is 273 g/mol. The molecule has 1 N–H and O–H groups in total. The van der Waals surface area contributed by atoms with Gasteiger partial charge in [0.05, 0.1) is 30.9 Å². The normalized spacial score (nSPS) is 19.3. The number of hydrogen-bond donors (Lipinski definition) is 1. The predicted molar refractivity (Wildman–Crippen MR) is 76.3 cm³/mol. The van der Waals surface area contributed by atoms with Crippen LogP contribution in [-0.2, 0) is 9.53 Å². The molecule has 106 valence electrons. The summed E-state index contributed by atoms with van der Waals surface area (Å²) in [6, 6.07) is 8.99. The van der Waals surface area contributed by atoms with Crippen LogP contribution in [0.1, 0.15) is 18.9 Å². The van der Waals surface area contributed by atoms with Crippen LogP contribution in [0, 0.1) is 11.3 Å². The summed E-state index contributed by atoms with van der Waals surface area (Å²) in [5.74, 6) is -0.0585. The van der Waals surface area contributed by atoms with Gasteiger partial charge >= 0.3 is 0 Å². The number of nitriles is 1. The SMILES string of the molecule is CCC1CN(CC(=O)Nc2cccc(C#N)c2)CCO1. The number of benzene rings is 1. The van der Waals surface area contributed by atoms with Gasteiger partial charge in [-0.1, -0.05) is 13.0 Å². The molecule has 1 heterocycles. The average Bonchev–Trinajstić information content (AvgIpc) is 2.47. The van der Waals surface area contributed by atoms with Crippen molar-refractivity contribution in [2.75, 3.05) is 31.6 Å². The summed E-state index contributed by atoms with van der Waals surface area (Å²) in [7, 11) is 0. The van der Waals surface area contributed by atoms with Crippen molar-refractivity contribution >= 4 is 11.6 Å². The van der Waals surface area contributed by atoms with Crippen molar-refractivity contribution in [3.8, 4) is 6.07 Å². The van der Waals surface area contributed by atoms with E-state index in [4.69, 9.17) is 10.00 Å². The summed E-state index contributed by atoms with van der Waals surface area (Å²) >= 11 is 0. The smallest absolute Gasteiger partial charge is 0.238 e. The van der Waals surface area contributed by atoms with E-state index in [1.54, 1.807) is 24.3 Å². The molecule has 0 radical (unpaired) electrons. The van der Waals surface area contributed by atoms with Crippen molar-refractivity contribution in [3.05, 3.63) is 29.8 Å². The van der Waals surface area contributed by atoms with Gasteiger partial charge in [0, 0.05) is 18.8 Å². The lowest BCUT2D eigenvalue weighted by Gasteiger charge is -2.31. The molecular formula is C15H19N3O2. The maximum Gasteiger partial charge on any atom is 0.238 e. The maximum atomic E-state index is 12.0. The van der Waals surface area contributed by atoms with Crippen LogP contribution in [-0.4, -0.2) is 43.2 Å². The van der Waals surface area contributed by atoms with E-state index in [1.165, 1.54) is 0 Å². The molecule has 1 aliphatic rings. The van der Waals surface area contributed by atoms with E-state index >= 15 is 0 Å². The molecule has 1 aliphatic heterocycles. The van der Waals surface area contributed by atoms with Crippen LogP contribution in [0.3, 0.4) is 0 Å². The second kappa shape index (κ2) is 7.04. The minimum absolute atomic E-state index is 0.0585. The molecule has 1 unspecified atom stereocenters. The molecular weight excluding hydrogens is 254 g/mol. The average molecular weight is 273 g/mol. The van der Waals surface area contributed by atoms with Crippen molar-refractivity contribution in [2.45, 2.75) is 19.4 Å². The molecule has 1 amide bonds. The fourth-order valence-electron chi connectivity index (χ4n) is 2.24. The fourth-order valence-corrected chi connectivity index (χ4v) is 2.24. The molecule has 1 aromatic carbocycles. The van der Waals surface area contributed by atoms with Crippen LogP contribution in [0.4, 0.5) is 5.69 Å². The Morgan fingerprint density at radius 3 is 3.20 bits per heavy atom. The Bertz CT molecular complexity index is 510. The highest BCUT2D eigenvalue weighted by molar-refractivity contribution is 5.92. The number of anilines is 1. The van der Waals surface area contributed by atoms with Gasteiger partial charge in [0.2, 0.25) is 5.91 Å². The van der Waals surface area contributed by atoms with E-state index in [9.17, 15) is 4.79 Å². The van der Waals surface area contributed by atoms with E-state index in [-0.39, 0.29) is 12.0 Å². The summed E-state index contributed by atoms with van der Waals surface area (Å²) in [6.07, 6.45) is 1.18. The van der Waals surface area contributed by atoms with E-state index in [0.717, 1.165) is 19.5 Å². The van der Waals surface area contributed by atoms with Gasteiger partial charge in [0.1, 0.15) is 0 Å². The second-order valence-corrected chi connectivity index (χ2v) is 4.88. The third-order valence-electron chi connectivity index (χ3n) is 3.32. The summed E-state index contributed by atoms with van der Waals surface area (Å²) < 4.78 is 5.58. The molecule has 0 bridgehead atoms. The molecule has 5 heteroatoms.